The van der Waals surface area contributed by atoms with Crippen LogP contribution in [-0.2, 0) is 6.61 Å². The molecule has 3 aromatic rings. The van der Waals surface area contributed by atoms with Crippen LogP contribution in [0.4, 0.5) is 23.0 Å². The predicted molar refractivity (Wildman–Crippen MR) is 130 cm³/mol. The molecule has 4 rings (SSSR count). The third kappa shape index (κ3) is 4.44. The van der Waals surface area contributed by atoms with Gasteiger partial charge >= 0.3 is 0 Å². The van der Waals surface area contributed by atoms with Gasteiger partial charge in [0.15, 0.2) is 6.19 Å². The molecule has 180 valence electrons. The van der Waals surface area contributed by atoms with Gasteiger partial charge in [-0.25, -0.2) is 9.98 Å². The lowest BCUT2D eigenvalue weighted by Gasteiger charge is -2.26. The zero-order chi connectivity index (χ0) is 25.8. The molecule has 0 spiro atoms. The van der Waals surface area contributed by atoms with Crippen molar-refractivity contribution in [1.29, 1.82) is 10.5 Å². The number of rotatable bonds is 6. The fourth-order valence-corrected chi connectivity index (χ4v) is 3.73. The highest BCUT2D eigenvalue weighted by atomic mass is 16.6. The maximum atomic E-state index is 10.9. The van der Waals surface area contributed by atoms with Gasteiger partial charge in [-0.05, 0) is 29.8 Å². The molecule has 6 N–H and O–H groups in total. The second-order valence-corrected chi connectivity index (χ2v) is 7.51. The molecule has 13 heteroatoms. The number of nitrogens with two attached hydrogens (primary N) is 2. The molecule has 2 heterocycles. The van der Waals surface area contributed by atoms with E-state index in [-0.39, 0.29) is 41.1 Å². The first-order valence-electron chi connectivity index (χ1n) is 10.4. The minimum Gasteiger partial charge on any atom is -0.496 e. The van der Waals surface area contributed by atoms with Crippen molar-refractivity contribution in [2.45, 2.75) is 12.6 Å². The highest BCUT2D eigenvalue weighted by Crippen LogP contribution is 2.41. The van der Waals surface area contributed by atoms with E-state index < -0.39 is 11.0 Å². The van der Waals surface area contributed by atoms with Gasteiger partial charge in [-0.15, -0.1) is 0 Å². The van der Waals surface area contributed by atoms with Gasteiger partial charge in [0, 0.05) is 23.3 Å². The summed E-state index contributed by atoms with van der Waals surface area (Å²) >= 11 is 0. The van der Waals surface area contributed by atoms with Crippen LogP contribution in [0.15, 0.2) is 47.5 Å². The van der Waals surface area contributed by atoms with Gasteiger partial charge in [0.25, 0.3) is 5.69 Å². The molecule has 0 aliphatic carbocycles. The monoisotopic (exact) mass is 485 g/mol. The van der Waals surface area contributed by atoms with Gasteiger partial charge in [0.05, 0.1) is 17.7 Å². The lowest BCUT2D eigenvalue weighted by atomic mass is 9.94. The molecule has 13 nitrogen and oxygen atoms in total. The number of pyridine rings is 1. The third-order valence-electron chi connectivity index (χ3n) is 5.42. The summed E-state index contributed by atoms with van der Waals surface area (Å²) in [4.78, 5) is 19.2. The Balaban J connectivity index is 1.73. The number of benzene rings is 2. The number of guanidine groups is 1. The Morgan fingerprint density at radius 3 is 2.61 bits per heavy atom. The lowest BCUT2D eigenvalue weighted by Crippen LogP contribution is -2.32. The fraction of sp³-hybridized carbons (Fsp3) is 0.130. The highest BCUT2D eigenvalue weighted by Gasteiger charge is 2.30. The number of methoxy groups -OCH3 is 1. The number of ether oxygens (including phenoxy) is 2. The number of fused-ring (bicyclic) bond motifs is 1. The van der Waals surface area contributed by atoms with Gasteiger partial charge in [0.1, 0.15) is 47.4 Å². The average molecular weight is 485 g/mol. The number of nitriles is 2. The standard InChI is InChI=1S/C23H19N9O4/c1-35-17-7-2-12(8-13(17)10-36-15-5-3-14(4-6-15)32(33)34)20-18-19(26)16(9-24)21(27)30-22(18)31-23(29-20)28-11-25/h2-8,20H,10H2,1H3,(H6,26,27,28,29,30,31). The van der Waals surface area contributed by atoms with E-state index in [1.54, 1.807) is 24.4 Å². The first-order valence-corrected chi connectivity index (χ1v) is 10.4. The third-order valence-corrected chi connectivity index (χ3v) is 5.42. The number of nitro groups is 1. The number of nitrogens with zero attached hydrogens (tertiary/aromatic N) is 5. The second-order valence-electron chi connectivity index (χ2n) is 7.51. The van der Waals surface area contributed by atoms with E-state index in [1.807, 2.05) is 6.07 Å². The van der Waals surface area contributed by atoms with Crippen LogP contribution >= 0.6 is 0 Å². The van der Waals surface area contributed by atoms with Crippen molar-refractivity contribution >= 4 is 29.0 Å². The van der Waals surface area contributed by atoms with E-state index in [1.165, 1.54) is 31.4 Å². The SMILES string of the molecule is COc1ccc(C2N=C(NC#N)Nc3nc(N)c(C#N)c(N)c32)cc1COc1ccc([N+](=O)[O-])cc1. The maximum Gasteiger partial charge on any atom is 0.269 e. The van der Waals surface area contributed by atoms with Crippen LogP contribution in [0.25, 0.3) is 0 Å². The van der Waals surface area contributed by atoms with Crippen LogP contribution in [0.5, 0.6) is 11.5 Å². The summed E-state index contributed by atoms with van der Waals surface area (Å²) in [7, 11) is 1.52. The summed E-state index contributed by atoms with van der Waals surface area (Å²) in [6.07, 6.45) is 1.80. The molecule has 0 saturated carbocycles. The first kappa shape index (κ1) is 23.6. The van der Waals surface area contributed by atoms with Crippen molar-refractivity contribution in [3.8, 4) is 23.8 Å². The van der Waals surface area contributed by atoms with Crippen LogP contribution in [-0.4, -0.2) is 23.0 Å². The molecule has 0 radical (unpaired) electrons. The van der Waals surface area contributed by atoms with Crippen molar-refractivity contribution in [3.05, 3.63) is 74.8 Å². The number of nitrogen functional groups attached to an aromatic ring is 2. The summed E-state index contributed by atoms with van der Waals surface area (Å²) in [5, 5.41) is 34.8. The number of hydrogen-bond donors (Lipinski definition) is 4. The number of aromatic nitrogens is 1. The number of hydrogen-bond acceptors (Lipinski definition) is 12. The predicted octanol–water partition coefficient (Wildman–Crippen LogP) is 2.56. The normalized spacial score (nSPS) is 13.8. The summed E-state index contributed by atoms with van der Waals surface area (Å²) in [6.45, 7) is 0.0819. The van der Waals surface area contributed by atoms with Crippen molar-refractivity contribution < 1.29 is 14.4 Å². The summed E-state index contributed by atoms with van der Waals surface area (Å²) in [5.74, 6) is 1.31. The number of anilines is 3. The second kappa shape index (κ2) is 9.74. The van der Waals surface area contributed by atoms with Crippen molar-refractivity contribution in [3.63, 3.8) is 0 Å². The van der Waals surface area contributed by atoms with Gasteiger partial charge in [0.2, 0.25) is 5.96 Å². The van der Waals surface area contributed by atoms with E-state index in [4.69, 9.17) is 26.2 Å². The molecule has 0 fully saturated rings. The van der Waals surface area contributed by atoms with Gasteiger partial charge in [-0.1, -0.05) is 6.07 Å². The highest BCUT2D eigenvalue weighted by molar-refractivity contribution is 5.98. The lowest BCUT2D eigenvalue weighted by molar-refractivity contribution is -0.384. The largest absolute Gasteiger partial charge is 0.496 e. The Bertz CT molecular complexity index is 1460. The van der Waals surface area contributed by atoms with Crippen molar-refractivity contribution in [2.24, 2.45) is 4.99 Å². The van der Waals surface area contributed by atoms with E-state index in [9.17, 15) is 15.4 Å². The molecule has 1 aliphatic heterocycles. The van der Waals surface area contributed by atoms with E-state index in [2.05, 4.69) is 20.6 Å². The quantitative estimate of drug-likeness (QED) is 0.172. The zero-order valence-electron chi connectivity index (χ0n) is 18.8. The summed E-state index contributed by atoms with van der Waals surface area (Å²) in [5.41, 5.74) is 14.0. The minimum absolute atomic E-state index is 0.0303. The number of non-ortho nitro benzene ring substituents is 1. The van der Waals surface area contributed by atoms with Crippen LogP contribution < -0.4 is 31.6 Å². The molecule has 1 aliphatic rings. The maximum absolute atomic E-state index is 10.9. The van der Waals surface area contributed by atoms with Gasteiger partial charge in [-0.2, -0.15) is 10.5 Å². The molecule has 36 heavy (non-hydrogen) atoms. The Labute approximate surface area is 204 Å². The number of nitrogens with one attached hydrogen (secondary N) is 2. The minimum atomic E-state index is -0.735. The van der Waals surface area contributed by atoms with Crippen LogP contribution in [0.2, 0.25) is 0 Å². The Morgan fingerprint density at radius 1 is 1.22 bits per heavy atom. The van der Waals surface area contributed by atoms with Crippen molar-refractivity contribution in [2.75, 3.05) is 23.9 Å². The molecular formula is C23H19N9O4. The summed E-state index contributed by atoms with van der Waals surface area (Å²) < 4.78 is 11.3. The Kier molecular flexibility index (Phi) is 6.38. The van der Waals surface area contributed by atoms with Gasteiger partial charge in [-0.3, -0.25) is 15.4 Å². The van der Waals surface area contributed by atoms with E-state index in [0.29, 0.717) is 28.2 Å². The molecule has 0 bridgehead atoms. The van der Waals surface area contributed by atoms with Crippen molar-refractivity contribution in [1.82, 2.24) is 10.3 Å². The average Bonchev–Trinajstić information content (AvgIpc) is 2.87. The molecule has 1 atom stereocenters. The molecule has 0 saturated heterocycles. The molecule has 2 aromatic carbocycles. The van der Waals surface area contributed by atoms with Gasteiger partial charge < -0.3 is 26.3 Å². The smallest absolute Gasteiger partial charge is 0.269 e. The molecule has 1 unspecified atom stereocenters. The van der Waals surface area contributed by atoms with Crippen LogP contribution in [0, 0.1) is 32.9 Å². The summed E-state index contributed by atoms with van der Waals surface area (Å²) in [6, 6.07) is 12.2. The van der Waals surface area contributed by atoms with E-state index in [0.717, 1.165) is 0 Å². The zero-order valence-corrected chi connectivity index (χ0v) is 18.8. The molecule has 0 amide bonds. The first-order chi connectivity index (χ1) is 17.4. The Hall–Kier alpha value is -5.56. The number of aliphatic imine (C=N–C) groups is 1. The Morgan fingerprint density at radius 2 is 1.97 bits per heavy atom. The molecule has 1 aromatic heterocycles. The topological polar surface area (TPSA) is 211 Å². The molecular weight excluding hydrogens is 466 g/mol. The van der Waals surface area contributed by atoms with Crippen LogP contribution in [0.3, 0.4) is 0 Å². The fourth-order valence-electron chi connectivity index (χ4n) is 3.73. The van der Waals surface area contributed by atoms with E-state index >= 15 is 0 Å². The van der Waals surface area contributed by atoms with Crippen LogP contribution in [0.1, 0.15) is 28.3 Å². The number of nitro benzene ring substituents is 1.